The lowest BCUT2D eigenvalue weighted by atomic mass is 10.1. The van der Waals surface area contributed by atoms with E-state index in [4.69, 9.17) is 16.9 Å². The average Bonchev–Trinajstić information content (AvgIpc) is 1.90. The summed E-state index contributed by atoms with van der Waals surface area (Å²) >= 11 is 5.17. The summed E-state index contributed by atoms with van der Waals surface area (Å²) in [5, 5.41) is 8.80. The Morgan fingerprint density at radius 2 is 2.44 bits per heavy atom. The molecule has 0 aromatic carbocycles. The first-order chi connectivity index (χ1) is 4.26. The number of nitrogens with one attached hydrogen (secondary N) is 1. The summed E-state index contributed by atoms with van der Waals surface area (Å²) in [5.41, 5.74) is 0. The molecule has 2 unspecified atom stereocenters. The van der Waals surface area contributed by atoms with Crippen molar-refractivity contribution >= 4 is 18.1 Å². The highest BCUT2D eigenvalue weighted by Crippen LogP contribution is 1.96. The molecule has 0 bridgehead atoms. The summed E-state index contributed by atoms with van der Waals surface area (Å²) in [6.07, 6.45) is 0.0972. The van der Waals surface area contributed by atoms with Crippen LogP contribution in [0.25, 0.3) is 0 Å². The molecule has 9 heavy (non-hydrogen) atoms. The van der Waals surface area contributed by atoms with Crippen LogP contribution in [0.5, 0.6) is 0 Å². The van der Waals surface area contributed by atoms with E-state index < -0.39 is 6.10 Å². The first kappa shape index (κ1) is 8.88. The minimum Gasteiger partial charge on any atom is -0.384 e. The van der Waals surface area contributed by atoms with Gasteiger partial charge in [0.1, 0.15) is 12.4 Å². The first-order valence-corrected chi connectivity index (χ1v) is 3.13. The van der Waals surface area contributed by atoms with Crippen LogP contribution in [0.4, 0.5) is 0 Å². The van der Waals surface area contributed by atoms with Gasteiger partial charge in [-0.15, -0.1) is 0 Å². The summed E-state index contributed by atoms with van der Waals surface area (Å²) in [6, 6.07) is -0.329. The minimum absolute atomic E-state index is 0.329. The molecule has 0 aliphatic carbocycles. The van der Waals surface area contributed by atoms with Crippen LogP contribution in [0, 0.1) is 0 Å². The number of hydrogen-bond donors (Lipinski definition) is 2. The predicted octanol–water partition coefficient (Wildman–Crippen LogP) is 0.0682. The zero-order valence-corrected chi connectivity index (χ0v) is 5.93. The number of aliphatic hydroxyl groups excluding tert-OH is 1. The van der Waals surface area contributed by atoms with Crippen molar-refractivity contribution in [2.24, 2.45) is 0 Å². The van der Waals surface area contributed by atoms with Crippen molar-refractivity contribution in [3.8, 4) is 0 Å². The van der Waals surface area contributed by atoms with E-state index >= 15 is 0 Å². The van der Waals surface area contributed by atoms with Gasteiger partial charge in [-0.25, -0.2) is 4.84 Å². The Labute approximate surface area is 59.1 Å². The van der Waals surface area contributed by atoms with E-state index in [0.29, 0.717) is 12.7 Å². The van der Waals surface area contributed by atoms with Gasteiger partial charge in [0.15, 0.2) is 0 Å². The molecule has 0 amide bonds. The van der Waals surface area contributed by atoms with Crippen LogP contribution in [0.2, 0.25) is 0 Å². The van der Waals surface area contributed by atoms with E-state index in [1.165, 1.54) is 0 Å². The number of carbonyl (C=O) groups excluding carboxylic acids is 1. The minimum atomic E-state index is -0.993. The Morgan fingerprint density at radius 3 is 2.56 bits per heavy atom. The van der Waals surface area contributed by atoms with Gasteiger partial charge in [0.05, 0.1) is 6.04 Å². The van der Waals surface area contributed by atoms with Gasteiger partial charge in [-0.1, -0.05) is 6.92 Å². The van der Waals surface area contributed by atoms with Crippen molar-refractivity contribution in [3.05, 3.63) is 0 Å². The molecule has 2 N–H and O–H groups in total. The molecule has 0 saturated heterocycles. The molecule has 0 radical (unpaired) electrons. The topological polar surface area (TPSA) is 49.3 Å². The fourth-order valence-electron chi connectivity index (χ4n) is 0.478. The second kappa shape index (κ2) is 4.73. The third-order valence-corrected chi connectivity index (χ3v) is 1.41. The molecule has 2 atom stereocenters. The third kappa shape index (κ3) is 2.79. The van der Waals surface area contributed by atoms with Crippen LogP contribution >= 0.6 is 11.8 Å². The summed E-state index contributed by atoms with van der Waals surface area (Å²) in [6.45, 7) is 1.83. The van der Waals surface area contributed by atoms with Crippen LogP contribution < -0.4 is 4.84 Å². The summed E-state index contributed by atoms with van der Waals surface area (Å²) < 4.78 is 0. The molecule has 3 nitrogen and oxygen atoms in total. The fraction of sp³-hybridized carbons (Fsp3) is 0.800. The lowest BCUT2D eigenvalue weighted by molar-refractivity contribution is -0.115. The van der Waals surface area contributed by atoms with E-state index in [0.717, 1.165) is 0 Å². The molecule has 0 spiro atoms. The lowest BCUT2D eigenvalue weighted by Crippen LogP contribution is -2.35. The third-order valence-electron chi connectivity index (χ3n) is 1.13. The molecule has 0 aromatic heterocycles. The maximum absolute atomic E-state index is 9.92. The monoisotopic (exact) mass is 151 g/mol. The normalized spacial score (nSPS) is 16.8. The Morgan fingerprint density at radius 1 is 1.89 bits per heavy atom. The first-order valence-electron chi connectivity index (χ1n) is 2.75. The van der Waals surface area contributed by atoms with Gasteiger partial charge in [-0.2, -0.15) is 0 Å². The van der Waals surface area contributed by atoms with Crippen molar-refractivity contribution in [2.75, 3.05) is 0 Å². The predicted molar refractivity (Wildman–Crippen MR) is 35.1 cm³/mol. The molecule has 0 fully saturated rings. The Hall–Kier alpha value is -0.120. The highest BCUT2D eigenvalue weighted by molar-refractivity contribution is 6.13. The zero-order chi connectivity index (χ0) is 7.28. The van der Waals surface area contributed by atoms with Gasteiger partial charge >= 0.3 is 0 Å². The van der Waals surface area contributed by atoms with Crippen molar-refractivity contribution in [3.63, 3.8) is 0 Å². The molecule has 0 aliphatic heterocycles. The number of rotatable bonds is 4. The molecule has 4 heteroatoms. The van der Waals surface area contributed by atoms with Crippen molar-refractivity contribution < 1.29 is 9.90 Å². The SMILES string of the molecule is CCC(NCl)C(O)C=O. The fourth-order valence-corrected chi connectivity index (χ4v) is 0.761. The van der Waals surface area contributed by atoms with E-state index in [1.807, 2.05) is 6.92 Å². The Balaban J connectivity index is 3.63. The summed E-state index contributed by atoms with van der Waals surface area (Å²) in [7, 11) is 0. The smallest absolute Gasteiger partial charge is 0.150 e. The zero-order valence-electron chi connectivity index (χ0n) is 5.17. The molecular formula is C5H10ClNO2. The van der Waals surface area contributed by atoms with Gasteiger partial charge in [-0.05, 0) is 18.2 Å². The molecule has 0 aromatic rings. The van der Waals surface area contributed by atoms with Crippen LogP contribution in [0.3, 0.4) is 0 Å². The number of aldehydes is 1. The quantitative estimate of drug-likeness (QED) is 0.442. The number of carbonyl (C=O) groups is 1. The molecule has 0 saturated carbocycles. The van der Waals surface area contributed by atoms with E-state index in [-0.39, 0.29) is 6.04 Å². The standard InChI is InChI=1S/C5H10ClNO2/c1-2-4(7-6)5(9)3-8/h3-5,7,9H,2H2,1H3. The molecule has 0 aliphatic rings. The maximum atomic E-state index is 9.92. The second-order valence-corrected chi connectivity index (χ2v) is 1.97. The Kier molecular flexibility index (Phi) is 4.67. The maximum Gasteiger partial charge on any atom is 0.150 e. The van der Waals surface area contributed by atoms with E-state index in [9.17, 15) is 4.79 Å². The van der Waals surface area contributed by atoms with Crippen LogP contribution in [0.1, 0.15) is 13.3 Å². The van der Waals surface area contributed by atoms with Gasteiger partial charge in [0, 0.05) is 0 Å². The van der Waals surface area contributed by atoms with Gasteiger partial charge in [0.2, 0.25) is 0 Å². The molecule has 54 valence electrons. The highest BCUT2D eigenvalue weighted by atomic mass is 35.5. The van der Waals surface area contributed by atoms with Crippen LogP contribution in [-0.2, 0) is 4.79 Å². The average molecular weight is 152 g/mol. The molecule has 0 rings (SSSR count). The number of hydrogen-bond acceptors (Lipinski definition) is 3. The summed E-state index contributed by atoms with van der Waals surface area (Å²) in [4.78, 5) is 12.2. The van der Waals surface area contributed by atoms with E-state index in [2.05, 4.69) is 4.84 Å². The second-order valence-electron chi connectivity index (χ2n) is 1.75. The molecular weight excluding hydrogens is 142 g/mol. The Bertz CT molecular complexity index is 85.0. The summed E-state index contributed by atoms with van der Waals surface area (Å²) in [5.74, 6) is 0. The highest BCUT2D eigenvalue weighted by Gasteiger charge is 2.13. The van der Waals surface area contributed by atoms with Gasteiger partial charge < -0.3 is 9.90 Å². The number of aliphatic hydroxyl groups is 1. The largest absolute Gasteiger partial charge is 0.384 e. The van der Waals surface area contributed by atoms with Gasteiger partial charge in [-0.3, -0.25) is 0 Å². The van der Waals surface area contributed by atoms with Crippen molar-refractivity contribution in [2.45, 2.75) is 25.5 Å². The van der Waals surface area contributed by atoms with Crippen LogP contribution in [-0.4, -0.2) is 23.5 Å². The van der Waals surface area contributed by atoms with Crippen molar-refractivity contribution in [1.29, 1.82) is 0 Å². The molecule has 0 heterocycles. The van der Waals surface area contributed by atoms with Crippen LogP contribution in [0.15, 0.2) is 0 Å². The van der Waals surface area contributed by atoms with Crippen molar-refractivity contribution in [1.82, 2.24) is 4.84 Å². The van der Waals surface area contributed by atoms with Gasteiger partial charge in [0.25, 0.3) is 0 Å². The lowest BCUT2D eigenvalue weighted by Gasteiger charge is -2.12. The number of halogens is 1. The van der Waals surface area contributed by atoms with E-state index in [1.54, 1.807) is 0 Å².